The number of amides is 1. The first-order valence-electron chi connectivity index (χ1n) is 7.08. The standard InChI is InChI=1S/C16H15N3O4S/c1-22-12-4-3-5-13(23-2)10(12)8-17-14(20)11-9-18-16-19(15(11)21)6-7-24-16/h3-7,9H,8H2,1-2H3,(H,17,20). The van der Waals surface area contributed by atoms with Gasteiger partial charge in [0.05, 0.1) is 26.3 Å². The van der Waals surface area contributed by atoms with Crippen LogP contribution in [-0.4, -0.2) is 29.5 Å². The molecule has 1 amide bonds. The molecule has 0 spiro atoms. The number of nitrogens with one attached hydrogen (secondary N) is 1. The Kier molecular flexibility index (Phi) is 4.48. The van der Waals surface area contributed by atoms with Gasteiger partial charge in [0.15, 0.2) is 4.96 Å². The summed E-state index contributed by atoms with van der Waals surface area (Å²) < 4.78 is 11.9. The lowest BCUT2D eigenvalue weighted by atomic mass is 10.1. The molecular weight excluding hydrogens is 330 g/mol. The van der Waals surface area contributed by atoms with Gasteiger partial charge in [-0.1, -0.05) is 6.07 Å². The Bertz CT molecular complexity index is 926. The number of fused-ring (bicyclic) bond motifs is 1. The van der Waals surface area contributed by atoms with Crippen LogP contribution in [-0.2, 0) is 6.54 Å². The number of nitrogens with zero attached hydrogens (tertiary/aromatic N) is 2. The molecule has 3 rings (SSSR count). The normalized spacial score (nSPS) is 10.6. The third-order valence-electron chi connectivity index (χ3n) is 3.54. The fourth-order valence-corrected chi connectivity index (χ4v) is 3.02. The fraction of sp³-hybridized carbons (Fsp3) is 0.188. The van der Waals surface area contributed by atoms with Gasteiger partial charge < -0.3 is 14.8 Å². The van der Waals surface area contributed by atoms with Gasteiger partial charge in [-0.25, -0.2) is 4.98 Å². The number of aromatic nitrogens is 2. The van der Waals surface area contributed by atoms with E-state index in [1.165, 1.54) is 21.9 Å². The number of thiazole rings is 1. The van der Waals surface area contributed by atoms with E-state index in [9.17, 15) is 9.59 Å². The number of hydrogen-bond donors (Lipinski definition) is 1. The van der Waals surface area contributed by atoms with Gasteiger partial charge in [-0.15, -0.1) is 11.3 Å². The highest BCUT2D eigenvalue weighted by Crippen LogP contribution is 2.27. The number of carbonyl (C=O) groups excluding carboxylic acids is 1. The van der Waals surface area contributed by atoms with E-state index in [-0.39, 0.29) is 12.1 Å². The van der Waals surface area contributed by atoms with Crippen molar-refractivity contribution in [2.75, 3.05) is 14.2 Å². The highest BCUT2D eigenvalue weighted by Gasteiger charge is 2.16. The maximum Gasteiger partial charge on any atom is 0.271 e. The number of methoxy groups -OCH3 is 2. The van der Waals surface area contributed by atoms with Crippen LogP contribution in [0.2, 0.25) is 0 Å². The van der Waals surface area contributed by atoms with Gasteiger partial charge in [-0.05, 0) is 12.1 Å². The summed E-state index contributed by atoms with van der Waals surface area (Å²) in [7, 11) is 3.09. The molecule has 3 aromatic rings. The van der Waals surface area contributed by atoms with Crippen LogP contribution >= 0.6 is 11.3 Å². The second kappa shape index (κ2) is 6.71. The molecule has 8 heteroatoms. The maximum absolute atomic E-state index is 12.4. The zero-order chi connectivity index (χ0) is 17.1. The van der Waals surface area contributed by atoms with E-state index in [0.29, 0.717) is 22.0 Å². The van der Waals surface area contributed by atoms with E-state index >= 15 is 0 Å². The zero-order valence-corrected chi connectivity index (χ0v) is 13.9. The molecule has 0 unspecified atom stereocenters. The van der Waals surface area contributed by atoms with Crippen molar-refractivity contribution >= 4 is 22.2 Å². The lowest BCUT2D eigenvalue weighted by Crippen LogP contribution is -2.31. The SMILES string of the molecule is COc1cccc(OC)c1CNC(=O)c1cnc2sccn2c1=O. The lowest BCUT2D eigenvalue weighted by molar-refractivity contribution is 0.0948. The van der Waals surface area contributed by atoms with Crippen molar-refractivity contribution in [2.45, 2.75) is 6.54 Å². The smallest absolute Gasteiger partial charge is 0.271 e. The van der Waals surface area contributed by atoms with Crippen molar-refractivity contribution in [3.8, 4) is 11.5 Å². The first-order valence-corrected chi connectivity index (χ1v) is 7.96. The highest BCUT2D eigenvalue weighted by molar-refractivity contribution is 7.15. The molecule has 0 radical (unpaired) electrons. The van der Waals surface area contributed by atoms with E-state index in [0.717, 1.165) is 0 Å². The third-order valence-corrected chi connectivity index (χ3v) is 4.31. The Morgan fingerprint density at radius 3 is 2.67 bits per heavy atom. The quantitative estimate of drug-likeness (QED) is 0.761. The lowest BCUT2D eigenvalue weighted by Gasteiger charge is -2.13. The monoisotopic (exact) mass is 345 g/mol. The van der Waals surface area contributed by atoms with Gasteiger partial charge in [0.2, 0.25) is 0 Å². The summed E-state index contributed by atoms with van der Waals surface area (Å²) in [4.78, 5) is 29.3. The van der Waals surface area contributed by atoms with Crippen LogP contribution in [0, 0.1) is 0 Å². The van der Waals surface area contributed by atoms with Gasteiger partial charge in [-0.3, -0.25) is 14.0 Å². The van der Waals surface area contributed by atoms with E-state index in [2.05, 4.69) is 10.3 Å². The van der Waals surface area contributed by atoms with Crippen molar-refractivity contribution in [3.05, 3.63) is 57.5 Å². The molecule has 0 saturated carbocycles. The molecule has 124 valence electrons. The van der Waals surface area contributed by atoms with Crippen LogP contribution in [0.25, 0.3) is 4.96 Å². The first kappa shape index (κ1) is 16.0. The van der Waals surface area contributed by atoms with Crippen LogP contribution in [0.1, 0.15) is 15.9 Å². The van der Waals surface area contributed by atoms with Crippen LogP contribution in [0.3, 0.4) is 0 Å². The van der Waals surface area contributed by atoms with Crippen LogP contribution in [0.5, 0.6) is 11.5 Å². The molecule has 0 fully saturated rings. The van der Waals surface area contributed by atoms with Crippen molar-refractivity contribution in [1.82, 2.24) is 14.7 Å². The minimum atomic E-state index is -0.499. The molecule has 1 N–H and O–H groups in total. The number of hydrogen-bond acceptors (Lipinski definition) is 6. The van der Waals surface area contributed by atoms with E-state index in [4.69, 9.17) is 9.47 Å². The Balaban J connectivity index is 1.85. The molecular formula is C16H15N3O4S. The minimum absolute atomic E-state index is 0.0141. The average molecular weight is 345 g/mol. The van der Waals surface area contributed by atoms with Crippen LogP contribution < -0.4 is 20.3 Å². The van der Waals surface area contributed by atoms with Gasteiger partial charge in [0.1, 0.15) is 17.1 Å². The fourth-order valence-electron chi connectivity index (χ4n) is 2.35. The summed E-state index contributed by atoms with van der Waals surface area (Å²) in [5.74, 6) is 0.691. The Labute approximate surface area is 141 Å². The van der Waals surface area contributed by atoms with E-state index in [1.54, 1.807) is 44.0 Å². The third kappa shape index (κ3) is 2.83. The van der Waals surface area contributed by atoms with Crippen molar-refractivity contribution in [3.63, 3.8) is 0 Å². The van der Waals surface area contributed by atoms with Crippen molar-refractivity contribution in [1.29, 1.82) is 0 Å². The molecule has 1 aromatic carbocycles. The van der Waals surface area contributed by atoms with E-state index < -0.39 is 11.5 Å². The summed E-state index contributed by atoms with van der Waals surface area (Å²) >= 11 is 1.33. The molecule has 2 heterocycles. The second-order valence-electron chi connectivity index (χ2n) is 4.86. The first-order chi connectivity index (χ1) is 11.7. The van der Waals surface area contributed by atoms with Gasteiger partial charge in [0.25, 0.3) is 11.5 Å². The van der Waals surface area contributed by atoms with Crippen molar-refractivity contribution in [2.24, 2.45) is 0 Å². The number of benzene rings is 1. The summed E-state index contributed by atoms with van der Waals surface area (Å²) in [6.07, 6.45) is 2.89. The number of carbonyl (C=O) groups is 1. The molecule has 2 aromatic heterocycles. The summed E-state index contributed by atoms with van der Waals surface area (Å²) in [6, 6.07) is 5.35. The van der Waals surface area contributed by atoms with Crippen LogP contribution in [0.15, 0.2) is 40.8 Å². The Hall–Kier alpha value is -2.87. The molecule has 0 aliphatic carbocycles. The molecule has 0 aliphatic heterocycles. The topological polar surface area (TPSA) is 81.9 Å². The van der Waals surface area contributed by atoms with Gasteiger partial charge >= 0.3 is 0 Å². The van der Waals surface area contributed by atoms with Crippen LogP contribution in [0.4, 0.5) is 0 Å². The largest absolute Gasteiger partial charge is 0.496 e. The van der Waals surface area contributed by atoms with E-state index in [1.807, 2.05) is 0 Å². The zero-order valence-electron chi connectivity index (χ0n) is 13.1. The molecule has 0 bridgehead atoms. The summed E-state index contributed by atoms with van der Waals surface area (Å²) in [5, 5.41) is 4.45. The average Bonchev–Trinajstić information content (AvgIpc) is 3.09. The summed E-state index contributed by atoms with van der Waals surface area (Å²) in [5.41, 5.74) is 0.283. The number of rotatable bonds is 5. The maximum atomic E-state index is 12.4. The predicted octanol–water partition coefficient (Wildman–Crippen LogP) is 1.70. The minimum Gasteiger partial charge on any atom is -0.496 e. The van der Waals surface area contributed by atoms with Gasteiger partial charge in [-0.2, -0.15) is 0 Å². The number of ether oxygens (including phenoxy) is 2. The van der Waals surface area contributed by atoms with Crippen molar-refractivity contribution < 1.29 is 14.3 Å². The Morgan fingerprint density at radius 1 is 1.29 bits per heavy atom. The molecule has 0 saturated heterocycles. The molecule has 0 atom stereocenters. The molecule has 7 nitrogen and oxygen atoms in total. The predicted molar refractivity (Wildman–Crippen MR) is 90.1 cm³/mol. The Morgan fingerprint density at radius 2 is 2.00 bits per heavy atom. The highest BCUT2D eigenvalue weighted by atomic mass is 32.1. The summed E-state index contributed by atoms with van der Waals surface area (Å²) in [6.45, 7) is 0.164. The molecule has 24 heavy (non-hydrogen) atoms. The molecule has 0 aliphatic rings. The second-order valence-corrected chi connectivity index (χ2v) is 5.73. The van der Waals surface area contributed by atoms with Gasteiger partial charge in [0, 0.05) is 17.8 Å².